The summed E-state index contributed by atoms with van der Waals surface area (Å²) in [6, 6.07) is 8.14. The number of benzene rings is 1. The monoisotopic (exact) mass is 412 g/mol. The first kappa shape index (κ1) is 21.4. The molecule has 3 aliphatic rings. The number of amides is 2. The fourth-order valence-electron chi connectivity index (χ4n) is 5.24. The van der Waals surface area contributed by atoms with Crippen LogP contribution in [0.1, 0.15) is 67.3 Å². The number of hydrogen-bond donors (Lipinski definition) is 0. The van der Waals surface area contributed by atoms with Gasteiger partial charge in [0.1, 0.15) is 0 Å². The first-order chi connectivity index (χ1) is 14.7. The van der Waals surface area contributed by atoms with Gasteiger partial charge in [0.25, 0.3) is 5.91 Å². The van der Waals surface area contributed by atoms with Gasteiger partial charge in [-0.05, 0) is 55.2 Å². The molecule has 1 aromatic carbocycles. The van der Waals surface area contributed by atoms with Crippen LogP contribution < -0.4 is 0 Å². The first-order valence-electron chi connectivity index (χ1n) is 11.9. The molecule has 1 saturated carbocycles. The fraction of sp³-hybridized carbons (Fsp3) is 0.680. The van der Waals surface area contributed by atoms with Crippen LogP contribution in [0.25, 0.3) is 0 Å². The van der Waals surface area contributed by atoms with Crippen molar-refractivity contribution >= 4 is 11.8 Å². The molecule has 0 unspecified atom stereocenters. The molecule has 0 N–H and O–H groups in total. The third-order valence-electron chi connectivity index (χ3n) is 7.23. The predicted molar refractivity (Wildman–Crippen MR) is 117 cm³/mol. The van der Waals surface area contributed by atoms with Crippen LogP contribution in [0.3, 0.4) is 0 Å². The zero-order valence-electron chi connectivity index (χ0n) is 18.2. The van der Waals surface area contributed by atoms with E-state index >= 15 is 0 Å². The van der Waals surface area contributed by atoms with Gasteiger partial charge in [0.2, 0.25) is 5.91 Å². The Morgan fingerprint density at radius 1 is 0.833 bits per heavy atom. The molecule has 0 bridgehead atoms. The number of carbonyl (C=O) groups is 2. The third-order valence-corrected chi connectivity index (χ3v) is 7.23. The van der Waals surface area contributed by atoms with Gasteiger partial charge >= 0.3 is 0 Å². The van der Waals surface area contributed by atoms with Crippen molar-refractivity contribution in [2.24, 2.45) is 11.8 Å². The van der Waals surface area contributed by atoms with E-state index in [4.69, 9.17) is 4.74 Å². The Kier molecular flexibility index (Phi) is 7.42. The van der Waals surface area contributed by atoms with E-state index in [1.165, 1.54) is 31.2 Å². The molecule has 0 atom stereocenters. The van der Waals surface area contributed by atoms with Crippen molar-refractivity contribution in [1.82, 2.24) is 9.80 Å². The quantitative estimate of drug-likeness (QED) is 0.712. The van der Waals surface area contributed by atoms with E-state index in [1.807, 2.05) is 17.0 Å². The highest BCUT2D eigenvalue weighted by molar-refractivity contribution is 5.94. The van der Waals surface area contributed by atoms with E-state index in [0.717, 1.165) is 56.7 Å². The van der Waals surface area contributed by atoms with Crippen LogP contribution in [0.15, 0.2) is 24.3 Å². The Morgan fingerprint density at radius 2 is 1.50 bits per heavy atom. The van der Waals surface area contributed by atoms with Crippen molar-refractivity contribution < 1.29 is 14.3 Å². The number of morpholine rings is 1. The number of ether oxygens (including phenoxy) is 1. The van der Waals surface area contributed by atoms with E-state index in [1.54, 1.807) is 0 Å². The molecule has 2 aliphatic heterocycles. The summed E-state index contributed by atoms with van der Waals surface area (Å²) < 4.78 is 5.33. The molecule has 0 radical (unpaired) electrons. The van der Waals surface area contributed by atoms with Crippen molar-refractivity contribution in [3.63, 3.8) is 0 Å². The summed E-state index contributed by atoms with van der Waals surface area (Å²) in [6.07, 6.45) is 10.4. The minimum Gasteiger partial charge on any atom is -0.378 e. The SMILES string of the molecule is O=C(CCC1CCCC1)N1CCC(Cc2ccc(C(=O)N3CCOCC3)cc2)CC1. The number of rotatable bonds is 6. The molecule has 1 aromatic rings. The third kappa shape index (κ3) is 5.63. The van der Waals surface area contributed by atoms with Crippen LogP contribution >= 0.6 is 0 Å². The Labute approximate surface area is 180 Å². The Hall–Kier alpha value is -1.88. The largest absolute Gasteiger partial charge is 0.378 e. The van der Waals surface area contributed by atoms with Gasteiger partial charge < -0.3 is 14.5 Å². The summed E-state index contributed by atoms with van der Waals surface area (Å²) in [4.78, 5) is 29.1. The molecular weight excluding hydrogens is 376 g/mol. The van der Waals surface area contributed by atoms with Crippen LogP contribution in [0.2, 0.25) is 0 Å². The number of nitrogens with zero attached hydrogens (tertiary/aromatic N) is 2. The van der Waals surface area contributed by atoms with E-state index in [-0.39, 0.29) is 5.91 Å². The lowest BCUT2D eigenvalue weighted by atomic mass is 9.89. The number of carbonyl (C=O) groups excluding carboxylic acids is 2. The highest BCUT2D eigenvalue weighted by Gasteiger charge is 2.24. The summed E-state index contributed by atoms with van der Waals surface area (Å²) in [5.74, 6) is 1.90. The summed E-state index contributed by atoms with van der Waals surface area (Å²) in [5.41, 5.74) is 2.06. The Balaban J connectivity index is 1.20. The molecular formula is C25H36N2O3. The molecule has 0 aromatic heterocycles. The van der Waals surface area contributed by atoms with Crippen LogP contribution in [0.5, 0.6) is 0 Å². The van der Waals surface area contributed by atoms with Crippen LogP contribution in [-0.4, -0.2) is 61.0 Å². The van der Waals surface area contributed by atoms with E-state index in [0.29, 0.717) is 38.1 Å². The Bertz CT molecular complexity index is 698. The van der Waals surface area contributed by atoms with Crippen molar-refractivity contribution in [3.8, 4) is 0 Å². The number of hydrogen-bond acceptors (Lipinski definition) is 3. The maximum Gasteiger partial charge on any atom is 0.254 e. The van der Waals surface area contributed by atoms with Gasteiger partial charge in [-0.2, -0.15) is 0 Å². The number of piperidine rings is 1. The van der Waals surface area contributed by atoms with Gasteiger partial charge in [-0.3, -0.25) is 9.59 Å². The second-order valence-electron chi connectivity index (χ2n) is 9.32. The molecule has 164 valence electrons. The van der Waals surface area contributed by atoms with Gasteiger partial charge in [0.15, 0.2) is 0 Å². The molecule has 1 aliphatic carbocycles. The molecule has 5 nitrogen and oxygen atoms in total. The summed E-state index contributed by atoms with van der Waals surface area (Å²) in [7, 11) is 0. The Morgan fingerprint density at radius 3 is 2.17 bits per heavy atom. The van der Waals surface area contributed by atoms with Gasteiger partial charge in [-0.1, -0.05) is 37.8 Å². The highest BCUT2D eigenvalue weighted by atomic mass is 16.5. The zero-order valence-corrected chi connectivity index (χ0v) is 18.2. The summed E-state index contributed by atoms with van der Waals surface area (Å²) in [5, 5.41) is 0. The lowest BCUT2D eigenvalue weighted by Gasteiger charge is -2.32. The van der Waals surface area contributed by atoms with Crippen molar-refractivity contribution in [2.75, 3.05) is 39.4 Å². The molecule has 2 amide bonds. The fourth-order valence-corrected chi connectivity index (χ4v) is 5.24. The first-order valence-corrected chi connectivity index (χ1v) is 11.9. The maximum absolute atomic E-state index is 12.6. The van der Waals surface area contributed by atoms with E-state index in [2.05, 4.69) is 17.0 Å². The van der Waals surface area contributed by atoms with Crippen LogP contribution in [0.4, 0.5) is 0 Å². The molecule has 4 rings (SSSR count). The van der Waals surface area contributed by atoms with Crippen molar-refractivity contribution in [2.45, 2.75) is 57.8 Å². The van der Waals surface area contributed by atoms with Gasteiger partial charge in [0.05, 0.1) is 13.2 Å². The minimum absolute atomic E-state index is 0.106. The zero-order chi connectivity index (χ0) is 20.8. The molecule has 0 spiro atoms. The summed E-state index contributed by atoms with van der Waals surface area (Å²) in [6.45, 7) is 4.43. The lowest BCUT2D eigenvalue weighted by molar-refractivity contribution is -0.132. The smallest absolute Gasteiger partial charge is 0.254 e. The number of likely N-dealkylation sites (tertiary alicyclic amines) is 1. The molecule has 5 heteroatoms. The molecule has 30 heavy (non-hydrogen) atoms. The normalized spacial score (nSPS) is 21.2. The second kappa shape index (κ2) is 10.4. The average Bonchev–Trinajstić information content (AvgIpc) is 3.32. The topological polar surface area (TPSA) is 49.9 Å². The maximum atomic E-state index is 12.6. The highest BCUT2D eigenvalue weighted by Crippen LogP contribution is 2.29. The van der Waals surface area contributed by atoms with Crippen LogP contribution in [0, 0.1) is 11.8 Å². The molecule has 3 fully saturated rings. The van der Waals surface area contributed by atoms with Crippen LogP contribution in [-0.2, 0) is 16.0 Å². The van der Waals surface area contributed by atoms with E-state index < -0.39 is 0 Å². The van der Waals surface area contributed by atoms with Gasteiger partial charge in [-0.25, -0.2) is 0 Å². The second-order valence-corrected chi connectivity index (χ2v) is 9.32. The average molecular weight is 413 g/mol. The standard InChI is InChI=1S/C25H36N2O3/c28-24(10-7-20-3-1-2-4-20)26-13-11-22(12-14-26)19-21-5-8-23(9-6-21)25(29)27-15-17-30-18-16-27/h5-6,8-9,20,22H,1-4,7,10-19H2. The van der Waals surface area contributed by atoms with Crippen molar-refractivity contribution in [1.29, 1.82) is 0 Å². The minimum atomic E-state index is 0.106. The molecule has 2 saturated heterocycles. The predicted octanol–water partition coefficient (Wildman–Crippen LogP) is 3.91. The lowest BCUT2D eigenvalue weighted by Crippen LogP contribution is -2.40. The van der Waals surface area contributed by atoms with Gasteiger partial charge in [-0.15, -0.1) is 0 Å². The molecule has 2 heterocycles. The van der Waals surface area contributed by atoms with Crippen molar-refractivity contribution in [3.05, 3.63) is 35.4 Å². The van der Waals surface area contributed by atoms with Gasteiger partial charge in [0, 0.05) is 38.2 Å². The summed E-state index contributed by atoms with van der Waals surface area (Å²) >= 11 is 0. The van der Waals surface area contributed by atoms with E-state index in [9.17, 15) is 9.59 Å².